The standard InChI is InChI=1S/C25H31N3O5/c1-6-7-19-14-21(27-26-19)25(30)33-15-22(29)20-12-16(2)28(17(20)3)11-10-18-8-9-23(31-4)24(13-18)32-5/h8-9,12-14H,6-7,10-11,15H2,1-5H3,(H,26,27). The monoisotopic (exact) mass is 453 g/mol. The Hall–Kier alpha value is -3.55. The third kappa shape index (κ3) is 5.63. The van der Waals surface area contributed by atoms with Gasteiger partial charge in [0.1, 0.15) is 0 Å². The Morgan fingerprint density at radius 2 is 1.79 bits per heavy atom. The van der Waals surface area contributed by atoms with Crippen LogP contribution in [-0.2, 0) is 24.1 Å². The second-order valence-electron chi connectivity index (χ2n) is 7.90. The molecule has 0 aliphatic carbocycles. The lowest BCUT2D eigenvalue weighted by Crippen LogP contribution is -2.15. The van der Waals surface area contributed by atoms with E-state index in [1.807, 2.05) is 45.0 Å². The van der Waals surface area contributed by atoms with Gasteiger partial charge in [0.2, 0.25) is 5.78 Å². The minimum atomic E-state index is -0.607. The first-order chi connectivity index (χ1) is 15.9. The highest BCUT2D eigenvalue weighted by molar-refractivity contribution is 6.00. The van der Waals surface area contributed by atoms with Gasteiger partial charge < -0.3 is 18.8 Å². The van der Waals surface area contributed by atoms with Crippen LogP contribution < -0.4 is 9.47 Å². The molecule has 0 atom stereocenters. The first-order valence-corrected chi connectivity index (χ1v) is 11.0. The molecular weight excluding hydrogens is 422 g/mol. The van der Waals surface area contributed by atoms with E-state index in [0.29, 0.717) is 23.6 Å². The molecule has 0 saturated heterocycles. The number of H-pyrrole nitrogens is 1. The number of ketones is 1. The van der Waals surface area contributed by atoms with Crippen LogP contribution in [0.25, 0.3) is 0 Å². The molecule has 0 radical (unpaired) electrons. The van der Waals surface area contributed by atoms with Crippen molar-refractivity contribution >= 4 is 11.8 Å². The van der Waals surface area contributed by atoms with Gasteiger partial charge in [0, 0.05) is 29.2 Å². The zero-order chi connectivity index (χ0) is 24.0. The van der Waals surface area contributed by atoms with Crippen LogP contribution in [0.4, 0.5) is 0 Å². The summed E-state index contributed by atoms with van der Waals surface area (Å²) in [5, 5.41) is 6.78. The van der Waals surface area contributed by atoms with Crippen molar-refractivity contribution in [2.24, 2.45) is 0 Å². The van der Waals surface area contributed by atoms with Gasteiger partial charge in [-0.25, -0.2) is 4.79 Å². The van der Waals surface area contributed by atoms with E-state index < -0.39 is 5.97 Å². The number of aryl methyl sites for hydroxylation is 3. The van der Waals surface area contributed by atoms with Crippen LogP contribution in [0.15, 0.2) is 30.3 Å². The van der Waals surface area contributed by atoms with Crippen molar-refractivity contribution in [3.8, 4) is 11.5 Å². The molecule has 1 N–H and O–H groups in total. The summed E-state index contributed by atoms with van der Waals surface area (Å²) in [6.45, 7) is 6.29. The Morgan fingerprint density at radius 3 is 2.48 bits per heavy atom. The SMILES string of the molecule is CCCc1cc(C(=O)OCC(=O)c2cc(C)n(CCc3ccc(OC)c(OC)c3)c2C)n[nH]1. The third-order valence-corrected chi connectivity index (χ3v) is 5.64. The number of nitrogens with zero attached hydrogens (tertiary/aromatic N) is 2. The van der Waals surface area contributed by atoms with Crippen LogP contribution in [0.5, 0.6) is 11.5 Å². The van der Waals surface area contributed by atoms with E-state index in [1.165, 1.54) is 0 Å². The van der Waals surface area contributed by atoms with Gasteiger partial charge in [-0.2, -0.15) is 5.10 Å². The number of hydrogen-bond acceptors (Lipinski definition) is 6. The number of carbonyl (C=O) groups excluding carboxylic acids is 2. The summed E-state index contributed by atoms with van der Waals surface area (Å²) in [7, 11) is 3.22. The fraction of sp³-hybridized carbons (Fsp3) is 0.400. The lowest BCUT2D eigenvalue weighted by Gasteiger charge is -2.12. The molecule has 3 aromatic rings. The largest absolute Gasteiger partial charge is 0.493 e. The van der Waals surface area contributed by atoms with Crippen LogP contribution in [0, 0.1) is 13.8 Å². The number of hydrogen-bond donors (Lipinski definition) is 1. The number of rotatable bonds is 11. The molecule has 0 amide bonds. The van der Waals surface area contributed by atoms with Crippen molar-refractivity contribution in [1.82, 2.24) is 14.8 Å². The quantitative estimate of drug-likeness (QED) is 0.347. The lowest BCUT2D eigenvalue weighted by molar-refractivity contribution is 0.0468. The van der Waals surface area contributed by atoms with E-state index in [2.05, 4.69) is 14.8 Å². The molecule has 176 valence electrons. The molecule has 8 nitrogen and oxygen atoms in total. The van der Waals surface area contributed by atoms with E-state index in [4.69, 9.17) is 14.2 Å². The van der Waals surface area contributed by atoms with Crippen molar-refractivity contribution in [2.45, 2.75) is 46.6 Å². The summed E-state index contributed by atoms with van der Waals surface area (Å²) in [5.41, 5.74) is 4.53. The van der Waals surface area contributed by atoms with Gasteiger partial charge in [0.15, 0.2) is 23.8 Å². The molecule has 0 aliphatic rings. The Labute approximate surface area is 193 Å². The fourth-order valence-electron chi connectivity index (χ4n) is 3.85. The lowest BCUT2D eigenvalue weighted by atomic mass is 10.1. The maximum Gasteiger partial charge on any atom is 0.359 e. The van der Waals surface area contributed by atoms with Crippen molar-refractivity contribution in [3.05, 3.63) is 64.2 Å². The Balaban J connectivity index is 1.63. The summed E-state index contributed by atoms with van der Waals surface area (Å²) in [6, 6.07) is 9.35. The minimum Gasteiger partial charge on any atom is -0.493 e. The molecule has 1 aromatic carbocycles. The Bertz CT molecular complexity index is 1130. The van der Waals surface area contributed by atoms with E-state index in [0.717, 1.165) is 41.9 Å². The predicted molar refractivity (Wildman–Crippen MR) is 124 cm³/mol. The normalized spacial score (nSPS) is 10.8. The van der Waals surface area contributed by atoms with Crippen molar-refractivity contribution in [1.29, 1.82) is 0 Å². The average molecular weight is 454 g/mol. The number of carbonyl (C=O) groups is 2. The fourth-order valence-corrected chi connectivity index (χ4v) is 3.85. The number of aromatic nitrogens is 3. The van der Waals surface area contributed by atoms with Crippen LogP contribution in [0.1, 0.15) is 56.8 Å². The molecular formula is C25H31N3O5. The summed E-state index contributed by atoms with van der Waals surface area (Å²) in [6.07, 6.45) is 2.50. The zero-order valence-electron chi connectivity index (χ0n) is 19.9. The predicted octanol–water partition coefficient (Wildman–Crippen LogP) is 4.08. The van der Waals surface area contributed by atoms with Crippen molar-refractivity contribution in [2.75, 3.05) is 20.8 Å². The molecule has 0 unspecified atom stereocenters. The van der Waals surface area contributed by atoms with Gasteiger partial charge in [-0.3, -0.25) is 9.89 Å². The van der Waals surface area contributed by atoms with Crippen molar-refractivity contribution in [3.63, 3.8) is 0 Å². The summed E-state index contributed by atoms with van der Waals surface area (Å²) < 4.78 is 18.0. The van der Waals surface area contributed by atoms with Crippen LogP contribution in [0.3, 0.4) is 0 Å². The van der Waals surface area contributed by atoms with E-state index in [9.17, 15) is 9.59 Å². The van der Waals surface area contributed by atoms with E-state index in [1.54, 1.807) is 20.3 Å². The Kier molecular flexibility index (Phi) is 7.92. The van der Waals surface area contributed by atoms with E-state index >= 15 is 0 Å². The van der Waals surface area contributed by atoms with Crippen LogP contribution in [0.2, 0.25) is 0 Å². The highest BCUT2D eigenvalue weighted by Crippen LogP contribution is 2.28. The first-order valence-electron chi connectivity index (χ1n) is 11.0. The maximum atomic E-state index is 12.8. The average Bonchev–Trinajstić information content (AvgIpc) is 3.40. The van der Waals surface area contributed by atoms with Gasteiger partial charge in [-0.05, 0) is 56.5 Å². The second-order valence-corrected chi connectivity index (χ2v) is 7.90. The molecule has 3 rings (SSSR count). The number of aromatic amines is 1. The summed E-state index contributed by atoms with van der Waals surface area (Å²) >= 11 is 0. The molecule has 33 heavy (non-hydrogen) atoms. The number of benzene rings is 1. The van der Waals surface area contributed by atoms with Crippen molar-refractivity contribution < 1.29 is 23.8 Å². The number of Topliss-reactive ketones (excluding diaryl/α,β-unsaturated/α-hetero) is 1. The molecule has 0 fully saturated rings. The van der Waals surface area contributed by atoms with E-state index in [-0.39, 0.29) is 18.1 Å². The number of methoxy groups -OCH3 is 2. The van der Waals surface area contributed by atoms with Gasteiger partial charge in [0.25, 0.3) is 0 Å². The number of ether oxygens (including phenoxy) is 3. The first kappa shape index (κ1) is 24.1. The second kappa shape index (κ2) is 10.8. The van der Waals surface area contributed by atoms with Crippen LogP contribution in [-0.4, -0.2) is 47.3 Å². The molecule has 8 heteroatoms. The molecule has 2 aromatic heterocycles. The maximum absolute atomic E-state index is 12.8. The topological polar surface area (TPSA) is 95.4 Å². The number of esters is 1. The third-order valence-electron chi connectivity index (χ3n) is 5.64. The molecule has 0 aliphatic heterocycles. The highest BCUT2D eigenvalue weighted by atomic mass is 16.5. The van der Waals surface area contributed by atoms with Gasteiger partial charge >= 0.3 is 5.97 Å². The molecule has 0 spiro atoms. The van der Waals surface area contributed by atoms with Gasteiger partial charge in [0.05, 0.1) is 14.2 Å². The molecule has 0 saturated carbocycles. The highest BCUT2D eigenvalue weighted by Gasteiger charge is 2.19. The molecule has 2 heterocycles. The summed E-state index contributed by atoms with van der Waals surface area (Å²) in [4.78, 5) is 25.0. The Morgan fingerprint density at radius 1 is 1.03 bits per heavy atom. The number of nitrogens with one attached hydrogen (secondary N) is 1. The van der Waals surface area contributed by atoms with Crippen LogP contribution >= 0.6 is 0 Å². The smallest absolute Gasteiger partial charge is 0.359 e. The minimum absolute atomic E-state index is 0.187. The van der Waals surface area contributed by atoms with Gasteiger partial charge in [-0.1, -0.05) is 19.4 Å². The zero-order valence-corrected chi connectivity index (χ0v) is 19.9. The molecule has 0 bridgehead atoms. The van der Waals surface area contributed by atoms with Gasteiger partial charge in [-0.15, -0.1) is 0 Å². The summed E-state index contributed by atoms with van der Waals surface area (Å²) in [5.74, 6) is 0.531.